The van der Waals surface area contributed by atoms with Crippen molar-refractivity contribution in [2.45, 2.75) is 31.8 Å². The third kappa shape index (κ3) is 3.03. The second-order valence-corrected chi connectivity index (χ2v) is 6.10. The number of hydrogen-bond acceptors (Lipinski definition) is 3. The Labute approximate surface area is 136 Å². The van der Waals surface area contributed by atoms with Crippen LogP contribution in [-0.4, -0.2) is 21.2 Å². The molecule has 1 atom stereocenters. The van der Waals surface area contributed by atoms with E-state index in [9.17, 15) is 0 Å². The summed E-state index contributed by atoms with van der Waals surface area (Å²) in [6.45, 7) is 0.827. The number of aryl methyl sites for hydroxylation is 1. The van der Waals surface area contributed by atoms with Crippen molar-refractivity contribution in [1.29, 1.82) is 0 Å². The first-order valence-corrected chi connectivity index (χ1v) is 8.13. The Bertz CT molecular complexity index is 779. The standard InChI is InChI=1S/C19H20N4/c1-2-5-15-10-18(8-7-14(15)4-1)21-12-17-13-22-23-19(17)16-6-3-9-20-11-16/h1-6,9,11,13,18,21H,7-8,10,12H2,(H,22,23)/t18-/m1/s1. The zero-order valence-electron chi connectivity index (χ0n) is 13.0. The molecule has 2 aromatic heterocycles. The fourth-order valence-electron chi connectivity index (χ4n) is 3.33. The molecule has 0 amide bonds. The van der Waals surface area contributed by atoms with Gasteiger partial charge in [0.25, 0.3) is 0 Å². The summed E-state index contributed by atoms with van der Waals surface area (Å²) in [5, 5.41) is 11.0. The molecular weight excluding hydrogens is 284 g/mol. The van der Waals surface area contributed by atoms with Crippen LogP contribution in [0, 0.1) is 0 Å². The van der Waals surface area contributed by atoms with Crippen LogP contribution in [0.15, 0.2) is 55.0 Å². The van der Waals surface area contributed by atoms with Gasteiger partial charge in [0.1, 0.15) is 0 Å². The molecule has 3 aromatic rings. The predicted molar refractivity (Wildman–Crippen MR) is 90.9 cm³/mol. The van der Waals surface area contributed by atoms with Crippen molar-refractivity contribution in [3.63, 3.8) is 0 Å². The number of H-pyrrole nitrogens is 1. The zero-order chi connectivity index (χ0) is 15.5. The van der Waals surface area contributed by atoms with Crippen LogP contribution in [0.3, 0.4) is 0 Å². The molecule has 0 saturated heterocycles. The van der Waals surface area contributed by atoms with Crippen LogP contribution < -0.4 is 5.32 Å². The zero-order valence-corrected chi connectivity index (χ0v) is 13.0. The normalized spacial score (nSPS) is 17.0. The average molecular weight is 304 g/mol. The summed E-state index contributed by atoms with van der Waals surface area (Å²) in [6.07, 6.45) is 9.03. The van der Waals surface area contributed by atoms with Crippen molar-refractivity contribution in [3.8, 4) is 11.3 Å². The van der Waals surface area contributed by atoms with Crippen LogP contribution in [-0.2, 0) is 19.4 Å². The third-order valence-electron chi connectivity index (χ3n) is 4.60. The highest BCUT2D eigenvalue weighted by molar-refractivity contribution is 5.61. The molecule has 1 aliphatic rings. The third-order valence-corrected chi connectivity index (χ3v) is 4.60. The van der Waals surface area contributed by atoms with Crippen LogP contribution in [0.1, 0.15) is 23.1 Å². The molecule has 23 heavy (non-hydrogen) atoms. The number of rotatable bonds is 4. The molecule has 2 heterocycles. The van der Waals surface area contributed by atoms with E-state index in [1.807, 2.05) is 18.5 Å². The molecule has 0 spiro atoms. The van der Waals surface area contributed by atoms with Gasteiger partial charge in [-0.2, -0.15) is 5.10 Å². The minimum atomic E-state index is 0.529. The largest absolute Gasteiger partial charge is 0.309 e. The number of pyridine rings is 1. The molecular formula is C19H20N4. The number of aromatic nitrogens is 3. The minimum Gasteiger partial charge on any atom is -0.309 e. The first kappa shape index (κ1) is 14.2. The maximum absolute atomic E-state index is 4.21. The van der Waals surface area contributed by atoms with E-state index in [4.69, 9.17) is 0 Å². The Hall–Kier alpha value is -2.46. The Morgan fingerprint density at radius 2 is 2.00 bits per heavy atom. The van der Waals surface area contributed by atoms with Gasteiger partial charge >= 0.3 is 0 Å². The molecule has 4 rings (SSSR count). The summed E-state index contributed by atoms with van der Waals surface area (Å²) in [5.41, 5.74) is 6.32. The molecule has 4 nitrogen and oxygen atoms in total. The molecule has 0 radical (unpaired) electrons. The van der Waals surface area contributed by atoms with E-state index in [2.05, 4.69) is 50.8 Å². The number of nitrogens with zero attached hydrogens (tertiary/aromatic N) is 2. The second-order valence-electron chi connectivity index (χ2n) is 6.10. The van der Waals surface area contributed by atoms with Crippen molar-refractivity contribution in [2.75, 3.05) is 0 Å². The van der Waals surface area contributed by atoms with Crippen molar-refractivity contribution in [2.24, 2.45) is 0 Å². The summed E-state index contributed by atoms with van der Waals surface area (Å²) in [4.78, 5) is 4.19. The topological polar surface area (TPSA) is 53.6 Å². The monoisotopic (exact) mass is 304 g/mol. The maximum Gasteiger partial charge on any atom is 0.0710 e. The van der Waals surface area contributed by atoms with Crippen LogP contribution in [0.4, 0.5) is 0 Å². The lowest BCUT2D eigenvalue weighted by molar-refractivity contribution is 0.458. The summed E-state index contributed by atoms with van der Waals surface area (Å²) < 4.78 is 0. The van der Waals surface area contributed by atoms with Crippen molar-refractivity contribution in [3.05, 3.63) is 71.7 Å². The highest BCUT2D eigenvalue weighted by Gasteiger charge is 2.18. The van der Waals surface area contributed by atoms with Gasteiger partial charge in [0.2, 0.25) is 0 Å². The van der Waals surface area contributed by atoms with Crippen LogP contribution >= 0.6 is 0 Å². The minimum absolute atomic E-state index is 0.529. The quantitative estimate of drug-likeness (QED) is 0.778. The van der Waals surface area contributed by atoms with E-state index < -0.39 is 0 Å². The Balaban J connectivity index is 1.44. The van der Waals surface area contributed by atoms with Crippen LogP contribution in [0.25, 0.3) is 11.3 Å². The summed E-state index contributed by atoms with van der Waals surface area (Å²) in [5.74, 6) is 0. The van der Waals surface area contributed by atoms with Crippen LogP contribution in [0.2, 0.25) is 0 Å². The molecule has 0 saturated carbocycles. The van der Waals surface area contributed by atoms with Gasteiger partial charge < -0.3 is 5.32 Å². The van der Waals surface area contributed by atoms with Gasteiger partial charge in [-0.25, -0.2) is 0 Å². The highest BCUT2D eigenvalue weighted by Crippen LogP contribution is 2.23. The lowest BCUT2D eigenvalue weighted by Gasteiger charge is -2.25. The highest BCUT2D eigenvalue weighted by atomic mass is 15.1. The lowest BCUT2D eigenvalue weighted by atomic mass is 9.88. The SMILES string of the molecule is c1cncc(-c2[nH]ncc2CN[C@@H]2CCc3ccccc3C2)c1. The van der Waals surface area contributed by atoms with Gasteiger partial charge in [-0.3, -0.25) is 10.1 Å². The van der Waals surface area contributed by atoms with E-state index >= 15 is 0 Å². The molecule has 4 heteroatoms. The number of benzene rings is 1. The fraction of sp³-hybridized carbons (Fsp3) is 0.263. The number of fused-ring (bicyclic) bond motifs is 1. The molecule has 1 aromatic carbocycles. The average Bonchev–Trinajstić information content (AvgIpc) is 3.09. The molecule has 1 aliphatic carbocycles. The van der Waals surface area contributed by atoms with E-state index in [1.165, 1.54) is 23.1 Å². The van der Waals surface area contributed by atoms with E-state index in [1.54, 1.807) is 6.20 Å². The van der Waals surface area contributed by atoms with Gasteiger partial charge in [-0.05, 0) is 42.5 Å². The Morgan fingerprint density at radius 3 is 2.87 bits per heavy atom. The number of aromatic amines is 1. The molecule has 0 fully saturated rings. The van der Waals surface area contributed by atoms with Gasteiger partial charge in [0, 0.05) is 36.1 Å². The van der Waals surface area contributed by atoms with Gasteiger partial charge in [0.05, 0.1) is 11.9 Å². The predicted octanol–water partition coefficient (Wildman–Crippen LogP) is 3.12. The fourth-order valence-corrected chi connectivity index (χ4v) is 3.33. The Kier molecular flexibility index (Phi) is 3.90. The van der Waals surface area contributed by atoms with Gasteiger partial charge in [-0.1, -0.05) is 24.3 Å². The first-order valence-electron chi connectivity index (χ1n) is 8.13. The van der Waals surface area contributed by atoms with Gasteiger partial charge in [-0.15, -0.1) is 0 Å². The van der Waals surface area contributed by atoms with Crippen LogP contribution in [0.5, 0.6) is 0 Å². The smallest absolute Gasteiger partial charge is 0.0710 e. The molecule has 0 bridgehead atoms. The van der Waals surface area contributed by atoms with Crippen molar-refractivity contribution >= 4 is 0 Å². The first-order chi connectivity index (χ1) is 11.4. The van der Waals surface area contributed by atoms with Crippen molar-refractivity contribution in [1.82, 2.24) is 20.5 Å². The lowest BCUT2D eigenvalue weighted by Crippen LogP contribution is -2.34. The summed E-state index contributed by atoms with van der Waals surface area (Å²) >= 11 is 0. The Morgan fingerprint density at radius 1 is 1.09 bits per heavy atom. The summed E-state index contributed by atoms with van der Waals surface area (Å²) in [7, 11) is 0. The molecule has 2 N–H and O–H groups in total. The molecule has 116 valence electrons. The second kappa shape index (κ2) is 6.34. The molecule has 0 aliphatic heterocycles. The van der Waals surface area contributed by atoms with E-state index in [-0.39, 0.29) is 0 Å². The van der Waals surface area contributed by atoms with Gasteiger partial charge in [0.15, 0.2) is 0 Å². The number of hydrogen-bond donors (Lipinski definition) is 2. The molecule has 0 unspecified atom stereocenters. The summed E-state index contributed by atoms with van der Waals surface area (Å²) in [6, 6.07) is 13.3. The number of nitrogens with one attached hydrogen (secondary N) is 2. The van der Waals surface area contributed by atoms with Crippen molar-refractivity contribution < 1.29 is 0 Å². The van der Waals surface area contributed by atoms with E-state index in [0.717, 1.165) is 30.6 Å². The maximum atomic E-state index is 4.21. The van der Waals surface area contributed by atoms with E-state index in [0.29, 0.717) is 6.04 Å².